The van der Waals surface area contributed by atoms with Crippen molar-refractivity contribution in [3.8, 4) is 0 Å². The normalized spacial score (nSPS) is 28.8. The molecule has 1 atom stereocenters. The third kappa shape index (κ3) is 2.84. The van der Waals surface area contributed by atoms with Crippen molar-refractivity contribution in [1.29, 1.82) is 0 Å². The minimum atomic E-state index is -0.702. The highest BCUT2D eigenvalue weighted by Crippen LogP contribution is 2.26. The Bertz CT molecular complexity index is 171. The Morgan fingerprint density at radius 1 is 1.75 bits per heavy atom. The highest BCUT2D eigenvalue weighted by atomic mass is 35.5. The van der Waals surface area contributed by atoms with E-state index in [0.29, 0.717) is 12.3 Å². The van der Waals surface area contributed by atoms with E-state index in [9.17, 15) is 9.90 Å². The van der Waals surface area contributed by atoms with E-state index < -0.39 is 5.60 Å². The van der Waals surface area contributed by atoms with Crippen LogP contribution >= 0.6 is 23.4 Å². The second-order valence-electron chi connectivity index (χ2n) is 2.94. The predicted molar refractivity (Wildman–Crippen MR) is 50.6 cm³/mol. The monoisotopic (exact) mass is 209 g/mol. The van der Waals surface area contributed by atoms with Crippen LogP contribution in [0.25, 0.3) is 0 Å². The second kappa shape index (κ2) is 4.35. The zero-order valence-corrected chi connectivity index (χ0v) is 8.25. The summed E-state index contributed by atoms with van der Waals surface area (Å²) < 4.78 is 0. The van der Waals surface area contributed by atoms with E-state index in [2.05, 4.69) is 5.32 Å². The van der Waals surface area contributed by atoms with Crippen LogP contribution in [0.1, 0.15) is 6.42 Å². The van der Waals surface area contributed by atoms with Crippen LogP contribution in [-0.2, 0) is 4.79 Å². The molecule has 0 bridgehead atoms. The van der Waals surface area contributed by atoms with E-state index in [0.717, 1.165) is 12.2 Å². The van der Waals surface area contributed by atoms with E-state index in [1.165, 1.54) is 0 Å². The number of nitrogens with one attached hydrogen (secondary N) is 1. The zero-order chi connectivity index (χ0) is 9.03. The number of alkyl halides is 1. The molecule has 0 saturated carbocycles. The van der Waals surface area contributed by atoms with Crippen LogP contribution in [0, 0.1) is 0 Å². The zero-order valence-electron chi connectivity index (χ0n) is 6.68. The van der Waals surface area contributed by atoms with E-state index in [1.54, 1.807) is 11.8 Å². The number of carbonyl (C=O) groups is 1. The van der Waals surface area contributed by atoms with Crippen molar-refractivity contribution in [2.45, 2.75) is 12.0 Å². The summed E-state index contributed by atoms with van der Waals surface area (Å²) in [4.78, 5) is 10.7. The SMILES string of the molecule is O=C(CCl)NCC1(O)CCSC1. The Morgan fingerprint density at radius 3 is 3.00 bits per heavy atom. The number of thioether (sulfide) groups is 1. The highest BCUT2D eigenvalue weighted by Gasteiger charge is 2.31. The Kier molecular flexibility index (Phi) is 3.68. The summed E-state index contributed by atoms with van der Waals surface area (Å²) in [5.41, 5.74) is -0.702. The van der Waals surface area contributed by atoms with Crippen LogP contribution in [0.5, 0.6) is 0 Å². The number of hydrogen-bond acceptors (Lipinski definition) is 3. The summed E-state index contributed by atoms with van der Waals surface area (Å²) in [6.45, 7) is 0.325. The molecule has 0 aromatic rings. The average molecular weight is 210 g/mol. The largest absolute Gasteiger partial charge is 0.387 e. The average Bonchev–Trinajstić information content (AvgIpc) is 2.49. The van der Waals surface area contributed by atoms with Crippen molar-refractivity contribution in [3.63, 3.8) is 0 Å². The first-order valence-electron chi connectivity index (χ1n) is 3.79. The van der Waals surface area contributed by atoms with Crippen molar-refractivity contribution in [1.82, 2.24) is 5.32 Å². The molecule has 1 fully saturated rings. The quantitative estimate of drug-likeness (QED) is 0.654. The number of carbonyl (C=O) groups excluding carboxylic acids is 1. The number of halogens is 1. The van der Waals surface area contributed by atoms with Crippen molar-refractivity contribution >= 4 is 29.3 Å². The van der Waals surface area contributed by atoms with Gasteiger partial charge in [0.2, 0.25) is 5.91 Å². The number of amides is 1. The molecule has 1 aliphatic rings. The maximum absolute atomic E-state index is 10.7. The van der Waals surface area contributed by atoms with Gasteiger partial charge < -0.3 is 10.4 Å². The Balaban J connectivity index is 2.25. The van der Waals surface area contributed by atoms with Crippen molar-refractivity contribution in [2.24, 2.45) is 0 Å². The third-order valence-electron chi connectivity index (χ3n) is 1.82. The lowest BCUT2D eigenvalue weighted by atomic mass is 10.0. The first-order chi connectivity index (χ1) is 5.66. The third-order valence-corrected chi connectivity index (χ3v) is 3.30. The molecule has 0 aromatic carbocycles. The van der Waals surface area contributed by atoms with Gasteiger partial charge in [0, 0.05) is 12.3 Å². The second-order valence-corrected chi connectivity index (χ2v) is 4.31. The summed E-state index contributed by atoms with van der Waals surface area (Å²) in [7, 11) is 0. The lowest BCUT2D eigenvalue weighted by Gasteiger charge is -2.20. The fourth-order valence-corrected chi connectivity index (χ4v) is 2.44. The van der Waals surface area contributed by atoms with E-state index in [-0.39, 0.29) is 11.8 Å². The first-order valence-corrected chi connectivity index (χ1v) is 5.48. The van der Waals surface area contributed by atoms with Gasteiger partial charge in [-0.25, -0.2) is 0 Å². The van der Waals surface area contributed by atoms with Crippen molar-refractivity contribution < 1.29 is 9.90 Å². The van der Waals surface area contributed by atoms with Gasteiger partial charge in [-0.1, -0.05) is 0 Å². The number of hydrogen-bond donors (Lipinski definition) is 2. The van der Waals surface area contributed by atoms with E-state index in [1.807, 2.05) is 0 Å². The predicted octanol–water partition coefficient (Wildman–Crippen LogP) is 0.209. The first kappa shape index (κ1) is 10.2. The summed E-state index contributed by atoms with van der Waals surface area (Å²) in [5, 5.41) is 12.3. The molecule has 1 saturated heterocycles. The number of rotatable bonds is 3. The topological polar surface area (TPSA) is 49.3 Å². The summed E-state index contributed by atoms with van der Waals surface area (Å²) in [5.74, 6) is 1.41. The van der Waals surface area contributed by atoms with Gasteiger partial charge in [0.25, 0.3) is 0 Å². The van der Waals surface area contributed by atoms with Crippen molar-refractivity contribution in [3.05, 3.63) is 0 Å². The fourth-order valence-electron chi connectivity index (χ4n) is 1.05. The van der Waals surface area contributed by atoms with Crippen LogP contribution in [0.15, 0.2) is 0 Å². The van der Waals surface area contributed by atoms with Crippen LogP contribution in [0.3, 0.4) is 0 Å². The van der Waals surface area contributed by atoms with E-state index in [4.69, 9.17) is 11.6 Å². The molecule has 1 rings (SSSR count). The summed E-state index contributed by atoms with van der Waals surface area (Å²) in [6, 6.07) is 0. The maximum Gasteiger partial charge on any atom is 0.235 e. The van der Waals surface area contributed by atoms with Gasteiger partial charge in [0.1, 0.15) is 5.88 Å². The summed E-state index contributed by atoms with van der Waals surface area (Å²) >= 11 is 6.99. The highest BCUT2D eigenvalue weighted by molar-refractivity contribution is 7.99. The van der Waals surface area contributed by atoms with Crippen LogP contribution < -0.4 is 5.32 Å². The van der Waals surface area contributed by atoms with Crippen LogP contribution in [-0.4, -0.2) is 40.5 Å². The van der Waals surface area contributed by atoms with Gasteiger partial charge in [-0.15, -0.1) is 11.6 Å². The van der Waals surface area contributed by atoms with E-state index >= 15 is 0 Å². The molecule has 1 aliphatic heterocycles. The van der Waals surface area contributed by atoms with Gasteiger partial charge in [-0.2, -0.15) is 11.8 Å². The number of aliphatic hydroxyl groups is 1. The molecule has 3 nitrogen and oxygen atoms in total. The van der Waals surface area contributed by atoms with Gasteiger partial charge in [-0.05, 0) is 12.2 Å². The Hall–Kier alpha value is 0.0700. The standard InChI is InChI=1S/C7H12ClNO2S/c8-3-6(10)9-4-7(11)1-2-12-5-7/h11H,1-5H2,(H,9,10). The molecule has 0 spiro atoms. The molecule has 1 amide bonds. The smallest absolute Gasteiger partial charge is 0.235 e. The van der Waals surface area contributed by atoms with Crippen LogP contribution in [0.4, 0.5) is 0 Å². The molecular weight excluding hydrogens is 198 g/mol. The van der Waals surface area contributed by atoms with Gasteiger partial charge in [-0.3, -0.25) is 4.79 Å². The fraction of sp³-hybridized carbons (Fsp3) is 0.857. The van der Waals surface area contributed by atoms with Gasteiger partial charge >= 0.3 is 0 Å². The molecule has 0 aromatic heterocycles. The van der Waals surface area contributed by atoms with Crippen LogP contribution in [0.2, 0.25) is 0 Å². The lowest BCUT2D eigenvalue weighted by Crippen LogP contribution is -2.43. The molecular formula is C7H12ClNO2S. The molecule has 1 heterocycles. The molecule has 70 valence electrons. The molecule has 2 N–H and O–H groups in total. The Morgan fingerprint density at radius 2 is 2.50 bits per heavy atom. The molecule has 0 aliphatic carbocycles. The van der Waals surface area contributed by atoms with Crippen molar-refractivity contribution in [2.75, 3.05) is 23.9 Å². The lowest BCUT2D eigenvalue weighted by molar-refractivity contribution is -0.119. The molecule has 1 unspecified atom stereocenters. The molecule has 5 heteroatoms. The minimum Gasteiger partial charge on any atom is -0.387 e. The van der Waals surface area contributed by atoms with Gasteiger partial charge in [0.05, 0.1) is 5.60 Å². The molecule has 0 radical (unpaired) electrons. The minimum absolute atomic E-state index is 0.0385. The Labute approximate surface area is 80.9 Å². The van der Waals surface area contributed by atoms with Gasteiger partial charge in [0.15, 0.2) is 0 Å². The molecule has 12 heavy (non-hydrogen) atoms. The maximum atomic E-state index is 10.7. The summed E-state index contributed by atoms with van der Waals surface area (Å²) in [6.07, 6.45) is 0.750.